The Balaban J connectivity index is 2.31. The fraction of sp³-hybridized carbons (Fsp3) is 0.545. The molecule has 0 saturated carbocycles. The van der Waals surface area contributed by atoms with E-state index in [9.17, 15) is 4.39 Å². The van der Waals surface area contributed by atoms with Crippen molar-refractivity contribution in [3.63, 3.8) is 0 Å². The SMILES string of the molecule is CC1CSCCN1c1nccc(CO)c1F. The summed E-state index contributed by atoms with van der Waals surface area (Å²) < 4.78 is 14.0. The third kappa shape index (κ3) is 2.15. The minimum absolute atomic E-state index is 0.279. The molecule has 1 saturated heterocycles. The van der Waals surface area contributed by atoms with Crippen molar-refractivity contribution in [2.24, 2.45) is 0 Å². The van der Waals surface area contributed by atoms with Crippen LogP contribution in [0.25, 0.3) is 0 Å². The number of halogens is 1. The Kier molecular flexibility index (Phi) is 3.66. The fourth-order valence-electron chi connectivity index (χ4n) is 1.84. The Morgan fingerprint density at radius 2 is 2.50 bits per heavy atom. The van der Waals surface area contributed by atoms with Crippen LogP contribution in [0.5, 0.6) is 0 Å². The van der Waals surface area contributed by atoms with Gasteiger partial charge < -0.3 is 10.0 Å². The van der Waals surface area contributed by atoms with Crippen molar-refractivity contribution in [1.82, 2.24) is 4.98 Å². The molecule has 16 heavy (non-hydrogen) atoms. The number of pyridine rings is 1. The largest absolute Gasteiger partial charge is 0.392 e. The predicted molar refractivity (Wildman–Crippen MR) is 64.3 cm³/mol. The third-order valence-electron chi connectivity index (χ3n) is 2.76. The molecule has 0 bridgehead atoms. The monoisotopic (exact) mass is 242 g/mol. The average Bonchev–Trinajstić information content (AvgIpc) is 2.31. The minimum Gasteiger partial charge on any atom is -0.392 e. The summed E-state index contributed by atoms with van der Waals surface area (Å²) >= 11 is 1.88. The summed E-state index contributed by atoms with van der Waals surface area (Å²) in [5.41, 5.74) is 0.315. The van der Waals surface area contributed by atoms with Gasteiger partial charge in [0.05, 0.1) is 6.61 Å². The highest BCUT2D eigenvalue weighted by Crippen LogP contribution is 2.25. The first-order chi connectivity index (χ1) is 7.74. The van der Waals surface area contributed by atoms with E-state index in [-0.39, 0.29) is 18.5 Å². The molecular weight excluding hydrogens is 227 g/mol. The molecule has 1 unspecified atom stereocenters. The molecule has 0 radical (unpaired) electrons. The maximum absolute atomic E-state index is 14.0. The van der Waals surface area contributed by atoms with Gasteiger partial charge in [-0.05, 0) is 13.0 Å². The first kappa shape index (κ1) is 11.7. The summed E-state index contributed by atoms with van der Waals surface area (Å²) in [6.07, 6.45) is 1.55. The summed E-state index contributed by atoms with van der Waals surface area (Å²) in [6, 6.07) is 1.80. The summed E-state index contributed by atoms with van der Waals surface area (Å²) in [5.74, 6) is 1.97. The maximum Gasteiger partial charge on any atom is 0.171 e. The minimum atomic E-state index is -0.385. The second kappa shape index (κ2) is 5.01. The van der Waals surface area contributed by atoms with E-state index in [1.54, 1.807) is 6.20 Å². The van der Waals surface area contributed by atoms with Crippen molar-refractivity contribution in [2.45, 2.75) is 19.6 Å². The van der Waals surface area contributed by atoms with E-state index >= 15 is 0 Å². The van der Waals surface area contributed by atoms with E-state index in [0.717, 1.165) is 18.1 Å². The molecule has 5 heteroatoms. The van der Waals surface area contributed by atoms with E-state index < -0.39 is 0 Å². The maximum atomic E-state index is 14.0. The molecule has 1 aliphatic heterocycles. The van der Waals surface area contributed by atoms with Gasteiger partial charge in [-0.3, -0.25) is 0 Å². The van der Waals surface area contributed by atoms with Crippen molar-refractivity contribution in [3.05, 3.63) is 23.6 Å². The van der Waals surface area contributed by atoms with Crippen LogP contribution in [-0.4, -0.2) is 34.2 Å². The Bertz CT molecular complexity index is 375. The standard InChI is InChI=1S/C11H15FN2OS/c1-8-7-16-5-4-14(8)11-10(12)9(6-15)2-3-13-11/h2-3,8,15H,4-7H2,1H3. The lowest BCUT2D eigenvalue weighted by Crippen LogP contribution is -2.41. The van der Waals surface area contributed by atoms with Crippen molar-refractivity contribution in [3.8, 4) is 0 Å². The molecular formula is C11H15FN2OS. The molecule has 1 aromatic heterocycles. The quantitative estimate of drug-likeness (QED) is 0.855. The van der Waals surface area contributed by atoms with E-state index in [4.69, 9.17) is 5.11 Å². The van der Waals surface area contributed by atoms with Gasteiger partial charge in [-0.15, -0.1) is 0 Å². The van der Waals surface area contributed by atoms with Gasteiger partial charge in [0.25, 0.3) is 0 Å². The third-order valence-corrected chi connectivity index (χ3v) is 3.95. The zero-order valence-electron chi connectivity index (χ0n) is 9.19. The van der Waals surface area contributed by atoms with Gasteiger partial charge in [0.15, 0.2) is 11.6 Å². The van der Waals surface area contributed by atoms with Crippen molar-refractivity contribution < 1.29 is 9.50 Å². The molecule has 1 fully saturated rings. The lowest BCUT2D eigenvalue weighted by Gasteiger charge is -2.34. The van der Waals surface area contributed by atoms with Crippen LogP contribution in [0.1, 0.15) is 12.5 Å². The summed E-state index contributed by atoms with van der Waals surface area (Å²) in [5, 5.41) is 9.02. The van der Waals surface area contributed by atoms with Crippen LogP contribution < -0.4 is 4.90 Å². The van der Waals surface area contributed by atoms with Gasteiger partial charge in [0, 0.05) is 35.9 Å². The normalized spacial score (nSPS) is 21.2. The number of nitrogens with zero attached hydrogens (tertiary/aromatic N) is 2. The van der Waals surface area contributed by atoms with Crippen LogP contribution in [0.15, 0.2) is 12.3 Å². The van der Waals surface area contributed by atoms with Gasteiger partial charge in [-0.2, -0.15) is 11.8 Å². The second-order valence-electron chi connectivity index (χ2n) is 3.88. The van der Waals surface area contributed by atoms with Gasteiger partial charge in [-0.25, -0.2) is 9.37 Å². The predicted octanol–water partition coefficient (Wildman–Crippen LogP) is 1.65. The Labute approximate surface area is 98.7 Å². The lowest BCUT2D eigenvalue weighted by molar-refractivity contribution is 0.275. The highest BCUT2D eigenvalue weighted by molar-refractivity contribution is 7.99. The molecule has 1 aromatic rings. The van der Waals surface area contributed by atoms with Gasteiger partial charge >= 0.3 is 0 Å². The van der Waals surface area contributed by atoms with Gasteiger partial charge in [0.2, 0.25) is 0 Å². The summed E-state index contributed by atoms with van der Waals surface area (Å²) in [6.45, 7) is 2.60. The van der Waals surface area contributed by atoms with Crippen LogP contribution in [0.2, 0.25) is 0 Å². The number of aliphatic hydroxyl groups excluding tert-OH is 1. The van der Waals surface area contributed by atoms with E-state index in [1.165, 1.54) is 6.07 Å². The molecule has 2 rings (SSSR count). The number of aromatic nitrogens is 1. The van der Waals surface area contributed by atoms with Crippen LogP contribution in [0.3, 0.4) is 0 Å². The topological polar surface area (TPSA) is 36.4 Å². The van der Waals surface area contributed by atoms with Crippen LogP contribution in [-0.2, 0) is 6.61 Å². The Hall–Kier alpha value is -0.810. The molecule has 88 valence electrons. The molecule has 0 amide bonds. The molecule has 0 spiro atoms. The second-order valence-corrected chi connectivity index (χ2v) is 5.03. The number of aliphatic hydroxyl groups is 1. The number of hydrogen-bond acceptors (Lipinski definition) is 4. The number of hydrogen-bond donors (Lipinski definition) is 1. The molecule has 1 N–H and O–H groups in total. The molecule has 1 atom stereocenters. The number of rotatable bonds is 2. The first-order valence-corrected chi connectivity index (χ1v) is 6.48. The summed E-state index contributed by atoms with van der Waals surface area (Å²) in [7, 11) is 0. The molecule has 1 aliphatic rings. The number of thioether (sulfide) groups is 1. The smallest absolute Gasteiger partial charge is 0.171 e. The van der Waals surface area contributed by atoms with Crippen LogP contribution in [0.4, 0.5) is 10.2 Å². The van der Waals surface area contributed by atoms with Crippen molar-refractivity contribution >= 4 is 17.6 Å². The lowest BCUT2D eigenvalue weighted by atomic mass is 10.2. The Morgan fingerprint density at radius 1 is 1.69 bits per heavy atom. The molecule has 3 nitrogen and oxygen atoms in total. The average molecular weight is 242 g/mol. The molecule has 0 aromatic carbocycles. The number of anilines is 1. The van der Waals surface area contributed by atoms with E-state index in [2.05, 4.69) is 11.9 Å². The zero-order valence-corrected chi connectivity index (χ0v) is 10.0. The highest BCUT2D eigenvalue weighted by Gasteiger charge is 2.23. The van der Waals surface area contributed by atoms with E-state index in [0.29, 0.717) is 11.4 Å². The molecule has 0 aliphatic carbocycles. The van der Waals surface area contributed by atoms with E-state index in [1.807, 2.05) is 16.7 Å². The van der Waals surface area contributed by atoms with Crippen LogP contribution in [0, 0.1) is 5.82 Å². The van der Waals surface area contributed by atoms with Gasteiger partial charge in [-0.1, -0.05) is 0 Å². The van der Waals surface area contributed by atoms with Crippen LogP contribution >= 0.6 is 11.8 Å². The first-order valence-electron chi connectivity index (χ1n) is 5.32. The Morgan fingerprint density at radius 3 is 3.19 bits per heavy atom. The highest BCUT2D eigenvalue weighted by atomic mass is 32.2. The van der Waals surface area contributed by atoms with Crippen molar-refractivity contribution in [2.75, 3.05) is 23.0 Å². The fourth-order valence-corrected chi connectivity index (χ4v) is 2.85. The van der Waals surface area contributed by atoms with Gasteiger partial charge in [0.1, 0.15) is 0 Å². The zero-order chi connectivity index (χ0) is 11.5. The van der Waals surface area contributed by atoms with Crippen molar-refractivity contribution in [1.29, 1.82) is 0 Å². The molecule has 2 heterocycles. The summed E-state index contributed by atoms with van der Waals surface area (Å²) in [4.78, 5) is 6.07.